The van der Waals surface area contributed by atoms with Gasteiger partial charge in [0.15, 0.2) is 5.96 Å². The molecule has 1 amide bonds. The SMILES string of the molecule is CCNC(=NCc1ccc(NC(=O)OC)cc1)NCc1ccccc1C. The van der Waals surface area contributed by atoms with E-state index in [1.165, 1.54) is 18.2 Å². The van der Waals surface area contributed by atoms with Crippen LogP contribution < -0.4 is 16.0 Å². The summed E-state index contributed by atoms with van der Waals surface area (Å²) in [6.07, 6.45) is -0.481. The quantitative estimate of drug-likeness (QED) is 0.549. The number of rotatable bonds is 6. The first-order chi connectivity index (χ1) is 12.6. The van der Waals surface area contributed by atoms with Crippen molar-refractivity contribution in [2.75, 3.05) is 19.0 Å². The number of carbonyl (C=O) groups is 1. The van der Waals surface area contributed by atoms with E-state index in [-0.39, 0.29) is 0 Å². The van der Waals surface area contributed by atoms with Crippen LogP contribution in [0.15, 0.2) is 53.5 Å². The first-order valence-electron chi connectivity index (χ1n) is 8.63. The lowest BCUT2D eigenvalue weighted by atomic mass is 10.1. The maximum atomic E-state index is 11.2. The molecule has 2 rings (SSSR count). The van der Waals surface area contributed by atoms with Gasteiger partial charge in [-0.05, 0) is 42.7 Å². The number of aliphatic imine (C=N–C) groups is 1. The van der Waals surface area contributed by atoms with E-state index in [0.717, 1.165) is 24.6 Å². The largest absolute Gasteiger partial charge is 0.453 e. The molecule has 0 atom stereocenters. The number of nitrogens with one attached hydrogen (secondary N) is 3. The van der Waals surface area contributed by atoms with E-state index in [9.17, 15) is 4.79 Å². The van der Waals surface area contributed by atoms with Crippen LogP contribution in [0.25, 0.3) is 0 Å². The highest BCUT2D eigenvalue weighted by Gasteiger charge is 2.02. The lowest BCUT2D eigenvalue weighted by molar-refractivity contribution is 0.187. The van der Waals surface area contributed by atoms with Gasteiger partial charge in [0.05, 0.1) is 13.7 Å². The lowest BCUT2D eigenvalue weighted by Crippen LogP contribution is -2.36. The van der Waals surface area contributed by atoms with Crippen molar-refractivity contribution < 1.29 is 9.53 Å². The van der Waals surface area contributed by atoms with Gasteiger partial charge in [0.2, 0.25) is 0 Å². The minimum Gasteiger partial charge on any atom is -0.453 e. The van der Waals surface area contributed by atoms with Gasteiger partial charge in [0.1, 0.15) is 0 Å². The maximum Gasteiger partial charge on any atom is 0.411 e. The Hall–Kier alpha value is -3.02. The van der Waals surface area contributed by atoms with Crippen LogP contribution in [0, 0.1) is 6.92 Å². The molecule has 3 N–H and O–H groups in total. The van der Waals surface area contributed by atoms with Gasteiger partial charge < -0.3 is 15.4 Å². The van der Waals surface area contributed by atoms with Crippen LogP contribution in [-0.4, -0.2) is 25.7 Å². The molecule has 0 spiro atoms. The van der Waals surface area contributed by atoms with Crippen LogP contribution in [0.5, 0.6) is 0 Å². The lowest BCUT2D eigenvalue weighted by Gasteiger charge is -2.13. The summed E-state index contributed by atoms with van der Waals surface area (Å²) < 4.78 is 4.57. The predicted molar refractivity (Wildman–Crippen MR) is 105 cm³/mol. The van der Waals surface area contributed by atoms with Gasteiger partial charge in [-0.25, -0.2) is 9.79 Å². The zero-order chi connectivity index (χ0) is 18.8. The first kappa shape index (κ1) is 19.3. The smallest absolute Gasteiger partial charge is 0.411 e. The maximum absolute atomic E-state index is 11.2. The Morgan fingerprint density at radius 3 is 2.46 bits per heavy atom. The molecule has 0 saturated heterocycles. The Morgan fingerprint density at radius 2 is 1.81 bits per heavy atom. The summed E-state index contributed by atoms with van der Waals surface area (Å²) in [7, 11) is 1.34. The highest BCUT2D eigenvalue weighted by molar-refractivity contribution is 5.84. The number of ether oxygens (including phenoxy) is 1. The van der Waals surface area contributed by atoms with E-state index >= 15 is 0 Å². The second kappa shape index (κ2) is 10.1. The zero-order valence-electron chi connectivity index (χ0n) is 15.5. The van der Waals surface area contributed by atoms with Crippen molar-refractivity contribution in [3.63, 3.8) is 0 Å². The monoisotopic (exact) mass is 354 g/mol. The van der Waals surface area contributed by atoms with Gasteiger partial charge in [-0.2, -0.15) is 0 Å². The molecule has 0 fully saturated rings. The summed E-state index contributed by atoms with van der Waals surface area (Å²) >= 11 is 0. The molecule has 6 heteroatoms. The molecular weight excluding hydrogens is 328 g/mol. The normalized spacial score (nSPS) is 11.0. The van der Waals surface area contributed by atoms with Gasteiger partial charge in [-0.1, -0.05) is 36.4 Å². The van der Waals surface area contributed by atoms with Gasteiger partial charge >= 0.3 is 6.09 Å². The van der Waals surface area contributed by atoms with Crippen LogP contribution in [0.2, 0.25) is 0 Å². The first-order valence-corrected chi connectivity index (χ1v) is 8.63. The Morgan fingerprint density at radius 1 is 1.08 bits per heavy atom. The Kier molecular flexibility index (Phi) is 7.49. The average molecular weight is 354 g/mol. The molecule has 0 bridgehead atoms. The zero-order valence-corrected chi connectivity index (χ0v) is 15.5. The predicted octanol–water partition coefficient (Wildman–Crippen LogP) is 3.43. The summed E-state index contributed by atoms with van der Waals surface area (Å²) in [6, 6.07) is 15.8. The molecule has 2 aromatic carbocycles. The Bertz CT molecular complexity index is 742. The summed E-state index contributed by atoms with van der Waals surface area (Å²) in [6.45, 7) is 6.20. The van der Waals surface area contributed by atoms with Crippen molar-refractivity contribution in [1.82, 2.24) is 10.6 Å². The summed E-state index contributed by atoms with van der Waals surface area (Å²) in [5.74, 6) is 0.771. The summed E-state index contributed by atoms with van der Waals surface area (Å²) in [5.41, 5.74) is 4.24. The van der Waals surface area contributed by atoms with E-state index in [1.807, 2.05) is 43.3 Å². The third-order valence-electron chi connectivity index (χ3n) is 3.86. The van der Waals surface area contributed by atoms with E-state index < -0.39 is 6.09 Å². The van der Waals surface area contributed by atoms with Crippen molar-refractivity contribution in [3.05, 3.63) is 65.2 Å². The number of benzene rings is 2. The minimum absolute atomic E-state index is 0.481. The van der Waals surface area contributed by atoms with E-state index in [1.54, 1.807) is 0 Å². The summed E-state index contributed by atoms with van der Waals surface area (Å²) in [5, 5.41) is 9.24. The van der Waals surface area contributed by atoms with E-state index in [2.05, 4.69) is 44.7 Å². The number of anilines is 1. The Balaban J connectivity index is 1.95. The van der Waals surface area contributed by atoms with Gasteiger partial charge in [0, 0.05) is 18.8 Å². The van der Waals surface area contributed by atoms with Crippen LogP contribution in [0.3, 0.4) is 0 Å². The fourth-order valence-corrected chi connectivity index (χ4v) is 2.36. The van der Waals surface area contributed by atoms with Crippen molar-refractivity contribution in [2.45, 2.75) is 26.9 Å². The van der Waals surface area contributed by atoms with Gasteiger partial charge in [-0.3, -0.25) is 5.32 Å². The highest BCUT2D eigenvalue weighted by Crippen LogP contribution is 2.11. The number of hydrogen-bond acceptors (Lipinski definition) is 3. The van der Waals surface area contributed by atoms with Crippen LogP contribution in [0.4, 0.5) is 10.5 Å². The van der Waals surface area contributed by atoms with Crippen LogP contribution in [-0.2, 0) is 17.8 Å². The van der Waals surface area contributed by atoms with Gasteiger partial charge in [-0.15, -0.1) is 0 Å². The van der Waals surface area contributed by atoms with Crippen molar-refractivity contribution in [3.8, 4) is 0 Å². The fraction of sp³-hybridized carbons (Fsp3) is 0.300. The molecule has 0 saturated carbocycles. The molecule has 0 aromatic heterocycles. The topological polar surface area (TPSA) is 74.8 Å². The molecule has 26 heavy (non-hydrogen) atoms. The molecule has 0 unspecified atom stereocenters. The number of aryl methyl sites for hydroxylation is 1. The van der Waals surface area contributed by atoms with E-state index in [0.29, 0.717) is 12.2 Å². The molecule has 6 nitrogen and oxygen atoms in total. The van der Waals surface area contributed by atoms with Crippen LogP contribution >= 0.6 is 0 Å². The minimum atomic E-state index is -0.481. The molecule has 0 radical (unpaired) electrons. The van der Waals surface area contributed by atoms with Crippen molar-refractivity contribution in [2.24, 2.45) is 4.99 Å². The number of nitrogens with zero attached hydrogens (tertiary/aromatic N) is 1. The standard InChI is InChI=1S/C20H26N4O2/c1-4-21-19(23-14-17-8-6-5-7-15(17)2)22-13-16-9-11-18(12-10-16)24-20(25)26-3/h5-12H,4,13-14H2,1-3H3,(H,24,25)(H2,21,22,23). The molecular formula is C20H26N4O2. The molecule has 0 aliphatic heterocycles. The third kappa shape index (κ3) is 6.12. The van der Waals surface area contributed by atoms with Gasteiger partial charge in [0.25, 0.3) is 0 Å². The number of amides is 1. The second-order valence-corrected chi connectivity index (χ2v) is 5.79. The number of methoxy groups -OCH3 is 1. The molecule has 138 valence electrons. The Labute approximate surface area is 154 Å². The highest BCUT2D eigenvalue weighted by atomic mass is 16.5. The second-order valence-electron chi connectivity index (χ2n) is 5.79. The molecule has 0 heterocycles. The third-order valence-corrected chi connectivity index (χ3v) is 3.86. The van der Waals surface area contributed by atoms with Crippen LogP contribution in [0.1, 0.15) is 23.6 Å². The van der Waals surface area contributed by atoms with Crippen molar-refractivity contribution in [1.29, 1.82) is 0 Å². The summed E-state index contributed by atoms with van der Waals surface area (Å²) in [4.78, 5) is 15.8. The number of hydrogen-bond donors (Lipinski definition) is 3. The van der Waals surface area contributed by atoms with E-state index in [4.69, 9.17) is 0 Å². The number of guanidine groups is 1. The molecule has 0 aliphatic carbocycles. The average Bonchev–Trinajstić information content (AvgIpc) is 2.66. The van der Waals surface area contributed by atoms with Crippen molar-refractivity contribution >= 4 is 17.7 Å². The molecule has 2 aromatic rings. The number of carbonyl (C=O) groups excluding carboxylic acids is 1. The fourth-order valence-electron chi connectivity index (χ4n) is 2.36. The molecule has 0 aliphatic rings.